The van der Waals surface area contributed by atoms with Crippen molar-refractivity contribution in [1.82, 2.24) is 14.4 Å². The summed E-state index contributed by atoms with van der Waals surface area (Å²) < 4.78 is 15.6. The molecule has 0 spiro atoms. The summed E-state index contributed by atoms with van der Waals surface area (Å²) in [6, 6.07) is 14.6. The molecule has 0 saturated carbocycles. The smallest absolute Gasteiger partial charge is 0.276 e. The number of benzene rings is 2. The van der Waals surface area contributed by atoms with Gasteiger partial charge in [0.25, 0.3) is 5.91 Å². The van der Waals surface area contributed by atoms with Crippen molar-refractivity contribution >= 4 is 40.2 Å². The zero-order chi connectivity index (χ0) is 19.1. The van der Waals surface area contributed by atoms with Crippen LogP contribution < -0.4 is 0 Å². The Balaban J connectivity index is 1.80. The van der Waals surface area contributed by atoms with Gasteiger partial charge in [-0.2, -0.15) is 0 Å². The fourth-order valence-electron chi connectivity index (χ4n) is 3.39. The average molecular weight is 379 g/mol. The molecule has 0 unspecified atom stereocenters. The van der Waals surface area contributed by atoms with E-state index in [-0.39, 0.29) is 11.7 Å². The number of fused-ring (bicyclic) bond motifs is 1. The molecule has 1 amide bonds. The third-order valence-corrected chi connectivity index (χ3v) is 5.36. The Bertz CT molecular complexity index is 1100. The number of thiocarbonyl (C=S) groups is 1. The molecular weight excluding hydrogens is 361 g/mol. The van der Waals surface area contributed by atoms with E-state index in [0.717, 1.165) is 22.0 Å². The second-order valence-corrected chi connectivity index (χ2v) is 6.96. The monoisotopic (exact) mass is 379 g/mol. The molecule has 4 nitrogen and oxygen atoms in total. The minimum atomic E-state index is -0.249. The molecule has 0 aliphatic carbocycles. The molecule has 1 fully saturated rings. The van der Waals surface area contributed by atoms with E-state index in [9.17, 15) is 9.18 Å². The molecular formula is C21H18FN3OS. The Kier molecular flexibility index (Phi) is 4.28. The Morgan fingerprint density at radius 3 is 2.56 bits per heavy atom. The van der Waals surface area contributed by atoms with E-state index < -0.39 is 0 Å². The van der Waals surface area contributed by atoms with E-state index in [1.165, 1.54) is 17.0 Å². The summed E-state index contributed by atoms with van der Waals surface area (Å²) in [4.78, 5) is 15.7. The van der Waals surface area contributed by atoms with Crippen molar-refractivity contribution in [3.63, 3.8) is 0 Å². The average Bonchev–Trinajstić information content (AvgIpc) is 3.09. The van der Waals surface area contributed by atoms with Gasteiger partial charge in [0.2, 0.25) is 0 Å². The quantitative estimate of drug-likeness (QED) is 0.511. The van der Waals surface area contributed by atoms with E-state index in [2.05, 4.69) is 4.57 Å². The number of likely N-dealkylation sites (N-methyl/N-ethyl adjacent to an activating group) is 2. The summed E-state index contributed by atoms with van der Waals surface area (Å²) in [6.07, 6.45) is 3.85. The Hall–Kier alpha value is -2.99. The lowest BCUT2D eigenvalue weighted by atomic mass is 10.1. The molecule has 1 aliphatic rings. The van der Waals surface area contributed by atoms with Gasteiger partial charge < -0.3 is 9.47 Å². The lowest BCUT2D eigenvalue weighted by Gasteiger charge is -2.10. The maximum absolute atomic E-state index is 13.5. The molecule has 2 aromatic carbocycles. The summed E-state index contributed by atoms with van der Waals surface area (Å²) >= 11 is 5.28. The van der Waals surface area contributed by atoms with Crippen LogP contribution in [-0.4, -0.2) is 39.5 Å². The maximum Gasteiger partial charge on any atom is 0.276 e. The van der Waals surface area contributed by atoms with Crippen LogP contribution in [0.3, 0.4) is 0 Å². The van der Waals surface area contributed by atoms with Crippen molar-refractivity contribution in [3.8, 4) is 0 Å². The van der Waals surface area contributed by atoms with Crippen LogP contribution in [0.5, 0.6) is 0 Å². The number of para-hydroxylation sites is 1. The van der Waals surface area contributed by atoms with Crippen molar-refractivity contribution in [3.05, 3.63) is 77.4 Å². The third kappa shape index (κ3) is 3.02. The second kappa shape index (κ2) is 6.63. The van der Waals surface area contributed by atoms with Gasteiger partial charge in [0.15, 0.2) is 5.11 Å². The molecule has 1 aromatic heterocycles. The number of nitrogens with zero attached hydrogens (tertiary/aromatic N) is 3. The summed E-state index contributed by atoms with van der Waals surface area (Å²) in [6.45, 7) is 0.545. The number of carbonyl (C=O) groups is 1. The van der Waals surface area contributed by atoms with Crippen molar-refractivity contribution in [2.45, 2.75) is 6.54 Å². The molecule has 0 N–H and O–H groups in total. The van der Waals surface area contributed by atoms with Crippen molar-refractivity contribution in [1.29, 1.82) is 0 Å². The van der Waals surface area contributed by atoms with Crippen LogP contribution in [0, 0.1) is 5.82 Å². The van der Waals surface area contributed by atoms with Gasteiger partial charge in [0, 0.05) is 43.3 Å². The normalized spacial score (nSPS) is 16.2. The molecule has 3 aromatic rings. The predicted octanol–water partition coefficient (Wildman–Crippen LogP) is 3.86. The maximum atomic E-state index is 13.5. The Morgan fingerprint density at radius 1 is 1.07 bits per heavy atom. The molecule has 1 aliphatic heterocycles. The predicted molar refractivity (Wildman–Crippen MR) is 109 cm³/mol. The lowest BCUT2D eigenvalue weighted by molar-refractivity contribution is -0.121. The van der Waals surface area contributed by atoms with Crippen LogP contribution in [0.2, 0.25) is 0 Å². The molecule has 27 heavy (non-hydrogen) atoms. The highest BCUT2D eigenvalue weighted by Gasteiger charge is 2.32. The third-order valence-electron chi connectivity index (χ3n) is 4.81. The van der Waals surface area contributed by atoms with Gasteiger partial charge in [-0.25, -0.2) is 4.39 Å². The first kappa shape index (κ1) is 17.4. The molecule has 0 radical (unpaired) electrons. The van der Waals surface area contributed by atoms with Gasteiger partial charge in [0.1, 0.15) is 11.5 Å². The zero-order valence-electron chi connectivity index (χ0n) is 15.0. The lowest BCUT2D eigenvalue weighted by Crippen LogP contribution is -2.26. The van der Waals surface area contributed by atoms with Crippen LogP contribution in [0.4, 0.5) is 4.39 Å². The number of carbonyl (C=O) groups excluding carboxylic acids is 1. The highest BCUT2D eigenvalue weighted by molar-refractivity contribution is 7.80. The molecule has 4 rings (SSSR count). The topological polar surface area (TPSA) is 28.5 Å². The van der Waals surface area contributed by atoms with Crippen LogP contribution in [0.15, 0.2) is 60.4 Å². The molecule has 136 valence electrons. The van der Waals surface area contributed by atoms with Crippen LogP contribution in [0.25, 0.3) is 17.0 Å². The number of rotatable bonds is 3. The van der Waals surface area contributed by atoms with E-state index in [0.29, 0.717) is 17.4 Å². The summed E-state index contributed by atoms with van der Waals surface area (Å²) in [5.41, 5.74) is 3.37. The molecule has 0 bridgehead atoms. The van der Waals surface area contributed by atoms with Crippen LogP contribution >= 0.6 is 12.2 Å². The fourth-order valence-corrected chi connectivity index (χ4v) is 3.57. The fraction of sp³-hybridized carbons (Fsp3) is 0.143. The molecule has 6 heteroatoms. The summed E-state index contributed by atoms with van der Waals surface area (Å²) in [7, 11) is 3.47. The largest absolute Gasteiger partial charge is 0.342 e. The highest BCUT2D eigenvalue weighted by atomic mass is 32.1. The molecule has 0 atom stereocenters. The first-order valence-corrected chi connectivity index (χ1v) is 8.96. The van der Waals surface area contributed by atoms with Gasteiger partial charge in [-0.3, -0.25) is 9.69 Å². The standard InChI is InChI=1S/C21H18FN3OS/c1-23-19(20(26)24(2)21(23)27)11-15-13-25(18-9-4-3-8-17(15)18)12-14-6-5-7-16(22)10-14/h3-11,13H,12H2,1-2H3/b19-11-. The van der Waals surface area contributed by atoms with Crippen molar-refractivity contribution in [2.75, 3.05) is 14.1 Å². The van der Waals surface area contributed by atoms with Crippen LogP contribution in [0.1, 0.15) is 11.1 Å². The number of hydrogen-bond donors (Lipinski definition) is 0. The van der Waals surface area contributed by atoms with Gasteiger partial charge in [-0.15, -0.1) is 0 Å². The number of amides is 1. The highest BCUT2D eigenvalue weighted by Crippen LogP contribution is 2.27. The molecule has 2 heterocycles. The van der Waals surface area contributed by atoms with E-state index in [1.54, 1.807) is 25.1 Å². The molecule has 1 saturated heterocycles. The van der Waals surface area contributed by atoms with Crippen molar-refractivity contribution in [2.24, 2.45) is 0 Å². The van der Waals surface area contributed by atoms with Gasteiger partial charge in [-0.1, -0.05) is 30.3 Å². The Morgan fingerprint density at radius 2 is 1.85 bits per heavy atom. The van der Waals surface area contributed by atoms with Gasteiger partial charge in [-0.05, 0) is 42.1 Å². The first-order valence-electron chi connectivity index (χ1n) is 8.55. The first-order chi connectivity index (χ1) is 13.0. The minimum Gasteiger partial charge on any atom is -0.342 e. The SMILES string of the molecule is CN1C(=O)/C(=C/c2cn(Cc3cccc(F)c3)c3ccccc23)N(C)C1=S. The Labute approximate surface area is 162 Å². The summed E-state index contributed by atoms with van der Waals surface area (Å²) in [5, 5.41) is 1.51. The van der Waals surface area contributed by atoms with E-state index in [1.807, 2.05) is 42.6 Å². The number of halogens is 1. The number of aromatic nitrogens is 1. The second-order valence-electron chi connectivity index (χ2n) is 6.59. The van der Waals surface area contributed by atoms with E-state index in [4.69, 9.17) is 12.2 Å². The summed E-state index contributed by atoms with van der Waals surface area (Å²) in [5.74, 6) is -0.370. The van der Waals surface area contributed by atoms with Gasteiger partial charge in [0.05, 0.1) is 0 Å². The van der Waals surface area contributed by atoms with Crippen LogP contribution in [-0.2, 0) is 11.3 Å². The minimum absolute atomic E-state index is 0.121. The number of hydrogen-bond acceptors (Lipinski definition) is 2. The zero-order valence-corrected chi connectivity index (χ0v) is 15.8. The van der Waals surface area contributed by atoms with Gasteiger partial charge >= 0.3 is 0 Å². The van der Waals surface area contributed by atoms with E-state index >= 15 is 0 Å². The van der Waals surface area contributed by atoms with Crippen molar-refractivity contribution < 1.29 is 9.18 Å².